The Labute approximate surface area is 181 Å². The van der Waals surface area contributed by atoms with Crippen molar-refractivity contribution >= 4 is 39.1 Å². The van der Waals surface area contributed by atoms with Crippen molar-refractivity contribution in [2.24, 2.45) is 0 Å². The quantitative estimate of drug-likeness (QED) is 0.423. The molecule has 0 heterocycles. The van der Waals surface area contributed by atoms with Gasteiger partial charge in [-0.25, -0.2) is 4.39 Å². The minimum Gasteiger partial charge on any atom is -0.490 e. The molecule has 4 nitrogen and oxygen atoms in total. The van der Waals surface area contributed by atoms with Crippen LogP contribution in [0.15, 0.2) is 65.1 Å². The zero-order valence-electron chi connectivity index (χ0n) is 15.5. The van der Waals surface area contributed by atoms with Crippen molar-refractivity contribution in [3.63, 3.8) is 0 Å². The molecular formula is C22H18BrClFNO3. The summed E-state index contributed by atoms with van der Waals surface area (Å²) in [7, 11) is 0. The first-order valence-corrected chi connectivity index (χ1v) is 10.0. The second-order valence-electron chi connectivity index (χ2n) is 6.07. The highest BCUT2D eigenvalue weighted by molar-refractivity contribution is 9.10. The number of carbonyl (C=O) groups is 1. The summed E-state index contributed by atoms with van der Waals surface area (Å²) in [5.74, 6) is -0.364. The monoisotopic (exact) mass is 477 g/mol. The van der Waals surface area contributed by atoms with Crippen molar-refractivity contribution in [1.82, 2.24) is 0 Å². The van der Waals surface area contributed by atoms with Gasteiger partial charge in [-0.3, -0.25) is 4.79 Å². The number of rotatable bonds is 7. The van der Waals surface area contributed by atoms with Crippen LogP contribution in [0.1, 0.15) is 22.8 Å². The van der Waals surface area contributed by atoms with Crippen molar-refractivity contribution in [3.05, 3.63) is 87.1 Å². The number of nitrogens with one attached hydrogen (secondary N) is 1. The zero-order valence-corrected chi connectivity index (χ0v) is 17.9. The molecule has 3 aromatic rings. The van der Waals surface area contributed by atoms with Crippen molar-refractivity contribution in [3.8, 4) is 11.5 Å². The highest BCUT2D eigenvalue weighted by atomic mass is 79.9. The molecule has 0 fully saturated rings. The third-order valence-corrected chi connectivity index (χ3v) is 4.75. The Bertz CT molecular complexity index is 1010. The highest BCUT2D eigenvalue weighted by Gasteiger charge is 2.18. The van der Waals surface area contributed by atoms with E-state index in [0.717, 1.165) is 5.56 Å². The Morgan fingerprint density at radius 1 is 1.10 bits per heavy atom. The number of hydrogen-bond donors (Lipinski definition) is 1. The first-order valence-electron chi connectivity index (χ1n) is 8.87. The van der Waals surface area contributed by atoms with Crippen LogP contribution in [0.4, 0.5) is 10.1 Å². The van der Waals surface area contributed by atoms with Gasteiger partial charge in [-0.05, 0) is 42.8 Å². The molecule has 0 aromatic heterocycles. The largest absolute Gasteiger partial charge is 0.490 e. The van der Waals surface area contributed by atoms with Crippen LogP contribution in [0.5, 0.6) is 11.5 Å². The van der Waals surface area contributed by atoms with Crippen LogP contribution in [0.25, 0.3) is 0 Å². The number of halogens is 3. The summed E-state index contributed by atoms with van der Waals surface area (Å²) >= 11 is 9.55. The molecule has 3 aromatic carbocycles. The molecule has 1 N–H and O–H groups in total. The first-order chi connectivity index (χ1) is 14.0. The van der Waals surface area contributed by atoms with Gasteiger partial charge in [-0.15, -0.1) is 0 Å². The van der Waals surface area contributed by atoms with Gasteiger partial charge in [0.25, 0.3) is 5.91 Å². The normalized spacial score (nSPS) is 10.5. The fourth-order valence-electron chi connectivity index (χ4n) is 2.62. The topological polar surface area (TPSA) is 47.6 Å². The Morgan fingerprint density at radius 3 is 2.55 bits per heavy atom. The van der Waals surface area contributed by atoms with E-state index in [4.69, 9.17) is 21.1 Å². The Kier molecular flexibility index (Phi) is 7.12. The molecule has 7 heteroatoms. The van der Waals surface area contributed by atoms with Crippen LogP contribution in [-0.2, 0) is 6.61 Å². The molecular weight excluding hydrogens is 461 g/mol. The van der Waals surface area contributed by atoms with E-state index in [1.807, 2.05) is 37.3 Å². The standard InChI is InChI=1S/C22H18BrClFNO3/c1-2-28-20-11-15(22(27)26-19-9-8-16(23)12-18(19)25)10-17(24)21(20)29-13-14-6-4-3-5-7-14/h3-12H,2,13H2,1H3,(H,26,27). The van der Waals surface area contributed by atoms with Gasteiger partial charge in [0.1, 0.15) is 12.4 Å². The first kappa shape index (κ1) is 21.1. The molecule has 29 heavy (non-hydrogen) atoms. The molecule has 0 spiro atoms. The second-order valence-corrected chi connectivity index (χ2v) is 7.39. The summed E-state index contributed by atoms with van der Waals surface area (Å²) in [5.41, 5.74) is 1.27. The molecule has 0 saturated heterocycles. The molecule has 0 aliphatic rings. The summed E-state index contributed by atoms with van der Waals surface area (Å²) in [5, 5.41) is 2.77. The van der Waals surface area contributed by atoms with E-state index in [0.29, 0.717) is 29.2 Å². The third-order valence-electron chi connectivity index (χ3n) is 3.98. The van der Waals surface area contributed by atoms with E-state index in [1.165, 1.54) is 24.3 Å². The van der Waals surface area contributed by atoms with Crippen LogP contribution in [0.2, 0.25) is 5.02 Å². The number of hydrogen-bond acceptors (Lipinski definition) is 3. The molecule has 0 atom stereocenters. The summed E-state index contributed by atoms with van der Waals surface area (Å²) in [4.78, 5) is 12.6. The van der Waals surface area contributed by atoms with Crippen molar-refractivity contribution in [2.45, 2.75) is 13.5 Å². The molecule has 0 radical (unpaired) electrons. The molecule has 0 aliphatic heterocycles. The molecule has 0 aliphatic carbocycles. The molecule has 0 saturated carbocycles. The lowest BCUT2D eigenvalue weighted by atomic mass is 10.1. The Balaban J connectivity index is 1.83. The molecule has 0 unspecified atom stereocenters. The molecule has 150 valence electrons. The zero-order chi connectivity index (χ0) is 20.8. The highest BCUT2D eigenvalue weighted by Crippen LogP contribution is 2.37. The van der Waals surface area contributed by atoms with E-state index in [1.54, 1.807) is 6.07 Å². The summed E-state index contributed by atoms with van der Waals surface area (Å²) in [6, 6.07) is 17.0. The Hall–Kier alpha value is -2.57. The van der Waals surface area contributed by atoms with Crippen molar-refractivity contribution in [1.29, 1.82) is 0 Å². The van der Waals surface area contributed by atoms with Gasteiger partial charge in [-0.2, -0.15) is 0 Å². The summed E-state index contributed by atoms with van der Waals surface area (Å²) in [6.45, 7) is 2.49. The third kappa shape index (κ3) is 5.49. The molecule has 0 bridgehead atoms. The van der Waals surface area contributed by atoms with Crippen LogP contribution < -0.4 is 14.8 Å². The molecule has 1 amide bonds. The minimum absolute atomic E-state index is 0.0664. The predicted octanol–water partition coefficient (Wildman–Crippen LogP) is 6.47. The van der Waals surface area contributed by atoms with E-state index >= 15 is 0 Å². The maximum absolute atomic E-state index is 14.0. The smallest absolute Gasteiger partial charge is 0.255 e. The van der Waals surface area contributed by atoms with Gasteiger partial charge in [-0.1, -0.05) is 57.9 Å². The van der Waals surface area contributed by atoms with Crippen LogP contribution >= 0.6 is 27.5 Å². The Morgan fingerprint density at radius 2 is 1.86 bits per heavy atom. The average Bonchev–Trinajstić information content (AvgIpc) is 2.70. The van der Waals surface area contributed by atoms with Crippen LogP contribution in [0.3, 0.4) is 0 Å². The van der Waals surface area contributed by atoms with E-state index in [-0.39, 0.29) is 16.3 Å². The molecule has 3 rings (SSSR count). The average molecular weight is 479 g/mol. The van der Waals surface area contributed by atoms with E-state index in [9.17, 15) is 9.18 Å². The van der Waals surface area contributed by atoms with Gasteiger partial charge in [0.15, 0.2) is 11.5 Å². The van der Waals surface area contributed by atoms with Crippen molar-refractivity contribution in [2.75, 3.05) is 11.9 Å². The lowest BCUT2D eigenvalue weighted by Gasteiger charge is -2.15. The van der Waals surface area contributed by atoms with Gasteiger partial charge < -0.3 is 14.8 Å². The van der Waals surface area contributed by atoms with Crippen LogP contribution in [0, 0.1) is 5.82 Å². The fourth-order valence-corrected chi connectivity index (χ4v) is 3.22. The maximum Gasteiger partial charge on any atom is 0.255 e. The number of amides is 1. The van der Waals surface area contributed by atoms with Gasteiger partial charge >= 0.3 is 0 Å². The second kappa shape index (κ2) is 9.76. The number of benzene rings is 3. The van der Waals surface area contributed by atoms with Crippen LogP contribution in [-0.4, -0.2) is 12.5 Å². The number of carbonyl (C=O) groups excluding carboxylic acids is 1. The SMILES string of the molecule is CCOc1cc(C(=O)Nc2ccc(Br)cc2F)cc(Cl)c1OCc1ccccc1. The van der Waals surface area contributed by atoms with E-state index in [2.05, 4.69) is 21.2 Å². The summed E-state index contributed by atoms with van der Waals surface area (Å²) < 4.78 is 26.0. The number of anilines is 1. The maximum atomic E-state index is 14.0. The van der Waals surface area contributed by atoms with Gasteiger partial charge in [0, 0.05) is 10.0 Å². The number of ether oxygens (including phenoxy) is 2. The van der Waals surface area contributed by atoms with Crippen molar-refractivity contribution < 1.29 is 18.7 Å². The minimum atomic E-state index is -0.549. The fraction of sp³-hybridized carbons (Fsp3) is 0.136. The predicted molar refractivity (Wildman–Crippen MR) is 115 cm³/mol. The van der Waals surface area contributed by atoms with E-state index < -0.39 is 11.7 Å². The lowest BCUT2D eigenvalue weighted by Crippen LogP contribution is -2.13. The lowest BCUT2D eigenvalue weighted by molar-refractivity contribution is 0.102. The van der Waals surface area contributed by atoms with Gasteiger partial charge in [0.2, 0.25) is 0 Å². The van der Waals surface area contributed by atoms with Gasteiger partial charge in [0.05, 0.1) is 17.3 Å². The summed E-state index contributed by atoms with van der Waals surface area (Å²) in [6.07, 6.45) is 0.